The molecule has 1 saturated heterocycles. The fourth-order valence-electron chi connectivity index (χ4n) is 3.27. The summed E-state index contributed by atoms with van der Waals surface area (Å²) in [4.78, 5) is 25.7. The Balaban J connectivity index is 1.75. The van der Waals surface area contributed by atoms with Crippen LogP contribution >= 0.6 is 0 Å². The highest BCUT2D eigenvalue weighted by atomic mass is 16.6. The van der Waals surface area contributed by atoms with Gasteiger partial charge in [-0.3, -0.25) is 4.79 Å². The number of carbonyl (C=O) groups is 2. The van der Waals surface area contributed by atoms with E-state index in [1.807, 2.05) is 54.6 Å². The number of carbonyl (C=O) groups excluding carboxylic acids is 2. The Morgan fingerprint density at radius 3 is 2.26 bits per heavy atom. The first-order valence-electron chi connectivity index (χ1n) is 9.13. The van der Waals surface area contributed by atoms with Gasteiger partial charge in [-0.2, -0.15) is 0 Å². The molecule has 0 aromatic heterocycles. The third kappa shape index (κ3) is 4.55. The first-order chi connectivity index (χ1) is 12.7. The Labute approximate surface area is 159 Å². The standard InChI is InChI=1S/C22H25NO4/c1-22(2,3)27-21(26)23-18(14-19(24)20(23)25)13-15-9-11-17(12-10-15)16-7-5-4-6-8-16/h4-12,18-19,24H,13-14H2,1-3H3/t18-,19+/m1/s1. The maximum absolute atomic E-state index is 12.4. The van der Waals surface area contributed by atoms with Crippen molar-refractivity contribution in [2.75, 3.05) is 0 Å². The van der Waals surface area contributed by atoms with Crippen molar-refractivity contribution in [3.05, 3.63) is 60.2 Å². The molecule has 1 aliphatic rings. The number of hydrogen-bond donors (Lipinski definition) is 1. The van der Waals surface area contributed by atoms with E-state index in [0.29, 0.717) is 6.42 Å². The minimum atomic E-state index is -1.16. The molecule has 5 heteroatoms. The molecule has 2 aromatic rings. The summed E-state index contributed by atoms with van der Waals surface area (Å²) in [6, 6.07) is 17.7. The molecule has 1 N–H and O–H groups in total. The van der Waals surface area contributed by atoms with Crippen molar-refractivity contribution in [2.45, 2.75) is 51.4 Å². The van der Waals surface area contributed by atoms with E-state index in [1.54, 1.807) is 20.8 Å². The molecular formula is C22H25NO4. The molecule has 1 heterocycles. The van der Waals surface area contributed by atoms with Gasteiger partial charge in [0.25, 0.3) is 5.91 Å². The zero-order chi connectivity index (χ0) is 19.6. The third-order valence-corrected chi connectivity index (χ3v) is 4.51. The van der Waals surface area contributed by atoms with Crippen LogP contribution in [0.1, 0.15) is 32.8 Å². The molecule has 0 aliphatic carbocycles. The summed E-state index contributed by atoms with van der Waals surface area (Å²) in [7, 11) is 0. The van der Waals surface area contributed by atoms with Gasteiger partial charge in [-0.25, -0.2) is 9.69 Å². The number of rotatable bonds is 3. The van der Waals surface area contributed by atoms with Gasteiger partial charge in [-0.05, 0) is 43.9 Å². The van der Waals surface area contributed by atoms with Gasteiger partial charge in [-0.1, -0.05) is 54.6 Å². The molecule has 0 radical (unpaired) electrons. The number of aliphatic hydroxyl groups is 1. The van der Waals surface area contributed by atoms with E-state index in [-0.39, 0.29) is 6.42 Å². The van der Waals surface area contributed by atoms with Crippen LogP contribution in [0.2, 0.25) is 0 Å². The molecule has 0 unspecified atom stereocenters. The summed E-state index contributed by atoms with van der Waals surface area (Å²) in [6.07, 6.45) is -1.16. The Morgan fingerprint density at radius 2 is 1.67 bits per heavy atom. The lowest BCUT2D eigenvalue weighted by Crippen LogP contribution is -2.44. The van der Waals surface area contributed by atoms with Crippen molar-refractivity contribution in [3.8, 4) is 11.1 Å². The molecule has 142 valence electrons. The van der Waals surface area contributed by atoms with Crippen molar-refractivity contribution in [1.82, 2.24) is 4.90 Å². The molecule has 2 aromatic carbocycles. The smallest absolute Gasteiger partial charge is 0.417 e. The highest BCUT2D eigenvalue weighted by molar-refractivity contribution is 5.96. The fraction of sp³-hybridized carbons (Fsp3) is 0.364. The Morgan fingerprint density at radius 1 is 1.07 bits per heavy atom. The molecular weight excluding hydrogens is 342 g/mol. The van der Waals surface area contributed by atoms with Crippen LogP contribution in [-0.2, 0) is 16.0 Å². The zero-order valence-corrected chi connectivity index (χ0v) is 15.9. The average Bonchev–Trinajstić information content (AvgIpc) is 2.89. The molecule has 3 rings (SSSR count). The van der Waals surface area contributed by atoms with E-state index in [0.717, 1.165) is 21.6 Å². The van der Waals surface area contributed by atoms with Crippen LogP contribution < -0.4 is 0 Å². The molecule has 2 amide bonds. The quantitative estimate of drug-likeness (QED) is 0.896. The molecule has 27 heavy (non-hydrogen) atoms. The Bertz CT molecular complexity index is 808. The van der Waals surface area contributed by atoms with Crippen LogP contribution in [0.3, 0.4) is 0 Å². The molecule has 0 saturated carbocycles. The molecule has 0 spiro atoms. The highest BCUT2D eigenvalue weighted by Gasteiger charge is 2.44. The summed E-state index contributed by atoms with van der Waals surface area (Å²) in [5.74, 6) is -0.588. The summed E-state index contributed by atoms with van der Waals surface area (Å²) in [5, 5.41) is 9.96. The van der Waals surface area contributed by atoms with Crippen molar-refractivity contribution >= 4 is 12.0 Å². The van der Waals surface area contributed by atoms with Crippen LogP contribution in [-0.4, -0.2) is 39.8 Å². The summed E-state index contributed by atoms with van der Waals surface area (Å²) < 4.78 is 5.34. The van der Waals surface area contributed by atoms with Crippen molar-refractivity contribution in [2.24, 2.45) is 0 Å². The second-order valence-electron chi connectivity index (χ2n) is 7.86. The Kier molecular flexibility index (Phi) is 5.33. The first kappa shape index (κ1) is 19.1. The first-order valence-corrected chi connectivity index (χ1v) is 9.13. The lowest BCUT2D eigenvalue weighted by Gasteiger charge is -2.27. The van der Waals surface area contributed by atoms with Crippen molar-refractivity contribution in [1.29, 1.82) is 0 Å². The van der Waals surface area contributed by atoms with Crippen LogP contribution in [0.4, 0.5) is 4.79 Å². The lowest BCUT2D eigenvalue weighted by atomic mass is 9.99. The number of ether oxygens (including phenoxy) is 1. The SMILES string of the molecule is CC(C)(C)OC(=O)N1C(=O)[C@@H](O)C[C@H]1Cc1ccc(-c2ccccc2)cc1. The summed E-state index contributed by atoms with van der Waals surface area (Å²) in [6.45, 7) is 5.25. The molecule has 5 nitrogen and oxygen atoms in total. The van der Waals surface area contributed by atoms with E-state index in [1.165, 1.54) is 0 Å². The fourth-order valence-corrected chi connectivity index (χ4v) is 3.27. The number of imide groups is 1. The van der Waals surface area contributed by atoms with E-state index in [4.69, 9.17) is 4.74 Å². The van der Waals surface area contributed by atoms with Crippen LogP contribution in [0.5, 0.6) is 0 Å². The predicted molar refractivity (Wildman–Crippen MR) is 103 cm³/mol. The van der Waals surface area contributed by atoms with E-state index < -0.39 is 29.7 Å². The van der Waals surface area contributed by atoms with Gasteiger partial charge in [0.2, 0.25) is 0 Å². The van der Waals surface area contributed by atoms with Gasteiger partial charge in [0, 0.05) is 6.42 Å². The highest BCUT2D eigenvalue weighted by Crippen LogP contribution is 2.26. The average molecular weight is 367 g/mol. The number of nitrogens with zero attached hydrogens (tertiary/aromatic N) is 1. The number of likely N-dealkylation sites (tertiary alicyclic amines) is 1. The number of benzene rings is 2. The van der Waals surface area contributed by atoms with Gasteiger partial charge in [-0.15, -0.1) is 0 Å². The largest absolute Gasteiger partial charge is 0.443 e. The van der Waals surface area contributed by atoms with Crippen LogP contribution in [0.25, 0.3) is 11.1 Å². The van der Waals surface area contributed by atoms with E-state index >= 15 is 0 Å². The second kappa shape index (κ2) is 7.53. The van der Waals surface area contributed by atoms with E-state index in [9.17, 15) is 14.7 Å². The van der Waals surface area contributed by atoms with Crippen molar-refractivity contribution in [3.63, 3.8) is 0 Å². The predicted octanol–water partition coefficient (Wildman–Crippen LogP) is 3.79. The minimum absolute atomic E-state index is 0.221. The molecule has 1 fully saturated rings. The lowest BCUT2D eigenvalue weighted by molar-refractivity contribution is -0.134. The monoisotopic (exact) mass is 367 g/mol. The molecule has 1 aliphatic heterocycles. The minimum Gasteiger partial charge on any atom is -0.443 e. The van der Waals surface area contributed by atoms with Gasteiger partial charge in [0.1, 0.15) is 11.7 Å². The number of hydrogen-bond acceptors (Lipinski definition) is 4. The zero-order valence-electron chi connectivity index (χ0n) is 15.9. The summed E-state index contributed by atoms with van der Waals surface area (Å²) in [5.41, 5.74) is 2.53. The maximum atomic E-state index is 12.4. The van der Waals surface area contributed by atoms with Gasteiger partial charge in [0.15, 0.2) is 0 Å². The number of aliphatic hydroxyl groups excluding tert-OH is 1. The second-order valence-corrected chi connectivity index (χ2v) is 7.86. The van der Waals surface area contributed by atoms with Gasteiger partial charge >= 0.3 is 6.09 Å². The van der Waals surface area contributed by atoms with E-state index in [2.05, 4.69) is 0 Å². The summed E-state index contributed by atoms with van der Waals surface area (Å²) >= 11 is 0. The topological polar surface area (TPSA) is 66.8 Å². The Hall–Kier alpha value is -2.66. The molecule has 2 atom stereocenters. The van der Waals surface area contributed by atoms with Gasteiger partial charge < -0.3 is 9.84 Å². The van der Waals surface area contributed by atoms with Crippen LogP contribution in [0, 0.1) is 0 Å². The van der Waals surface area contributed by atoms with Crippen molar-refractivity contribution < 1.29 is 19.4 Å². The van der Waals surface area contributed by atoms with Gasteiger partial charge in [0.05, 0.1) is 6.04 Å². The molecule has 0 bridgehead atoms. The van der Waals surface area contributed by atoms with Crippen LogP contribution in [0.15, 0.2) is 54.6 Å². The third-order valence-electron chi connectivity index (χ3n) is 4.51. The normalized spacial score (nSPS) is 20.0. The number of amides is 2. The maximum Gasteiger partial charge on any atom is 0.417 e.